The molecule has 0 saturated heterocycles. The third-order valence-electron chi connectivity index (χ3n) is 3.10. The van der Waals surface area contributed by atoms with Crippen molar-refractivity contribution in [1.82, 2.24) is 4.98 Å². The second-order valence-corrected chi connectivity index (χ2v) is 4.23. The summed E-state index contributed by atoms with van der Waals surface area (Å²) in [6.45, 7) is 0. The number of hydrogen-bond acceptors (Lipinski definition) is 2. The monoisotopic (exact) mass is 253 g/mol. The number of rotatable bonds is 2. The predicted molar refractivity (Wildman–Crippen MR) is 73.7 cm³/mol. The molecular weight excluding hydrogens is 241 g/mol. The van der Waals surface area contributed by atoms with Gasteiger partial charge in [-0.15, -0.1) is 0 Å². The Morgan fingerprint density at radius 1 is 1.05 bits per heavy atom. The van der Waals surface area contributed by atoms with Crippen molar-refractivity contribution in [2.75, 3.05) is 7.11 Å². The van der Waals surface area contributed by atoms with Gasteiger partial charge in [0.1, 0.15) is 0 Å². The third kappa shape index (κ3) is 2.03. The highest BCUT2D eigenvalue weighted by Crippen LogP contribution is 2.29. The van der Waals surface area contributed by atoms with Crippen molar-refractivity contribution in [1.29, 1.82) is 0 Å². The SMILES string of the molecule is COc1cc(-c2nccc3ccccc23)ccc1F. The van der Waals surface area contributed by atoms with Crippen molar-refractivity contribution in [2.24, 2.45) is 0 Å². The summed E-state index contributed by atoms with van der Waals surface area (Å²) in [6.07, 6.45) is 1.76. The summed E-state index contributed by atoms with van der Waals surface area (Å²) in [4.78, 5) is 4.40. The Morgan fingerprint density at radius 2 is 1.89 bits per heavy atom. The molecule has 0 saturated carbocycles. The van der Waals surface area contributed by atoms with Crippen LogP contribution in [0.1, 0.15) is 0 Å². The van der Waals surface area contributed by atoms with E-state index < -0.39 is 0 Å². The highest BCUT2D eigenvalue weighted by atomic mass is 19.1. The first-order chi connectivity index (χ1) is 9.29. The average molecular weight is 253 g/mol. The first-order valence-corrected chi connectivity index (χ1v) is 5.97. The molecule has 0 radical (unpaired) electrons. The number of ether oxygens (including phenoxy) is 1. The number of benzene rings is 2. The molecule has 0 atom stereocenters. The Balaban J connectivity index is 2.24. The molecule has 19 heavy (non-hydrogen) atoms. The Kier molecular flexibility index (Phi) is 2.88. The molecule has 3 aromatic rings. The summed E-state index contributed by atoms with van der Waals surface area (Å²) >= 11 is 0. The molecule has 0 aliphatic rings. The number of hydrogen-bond donors (Lipinski definition) is 0. The number of fused-ring (bicyclic) bond motifs is 1. The zero-order valence-electron chi connectivity index (χ0n) is 10.4. The normalized spacial score (nSPS) is 10.6. The summed E-state index contributed by atoms with van der Waals surface area (Å²) < 4.78 is 18.5. The number of nitrogens with zero attached hydrogens (tertiary/aromatic N) is 1. The van der Waals surface area contributed by atoms with Gasteiger partial charge >= 0.3 is 0 Å². The smallest absolute Gasteiger partial charge is 0.165 e. The quantitative estimate of drug-likeness (QED) is 0.687. The van der Waals surface area contributed by atoms with Crippen LogP contribution in [0.15, 0.2) is 54.7 Å². The van der Waals surface area contributed by atoms with Crippen LogP contribution in [-0.4, -0.2) is 12.1 Å². The summed E-state index contributed by atoms with van der Waals surface area (Å²) in [6, 6.07) is 14.7. The second-order valence-electron chi connectivity index (χ2n) is 4.23. The van der Waals surface area contributed by atoms with Gasteiger partial charge in [-0.05, 0) is 29.7 Å². The fourth-order valence-corrected chi connectivity index (χ4v) is 2.16. The Labute approximate surface area is 110 Å². The molecule has 3 rings (SSSR count). The van der Waals surface area contributed by atoms with Crippen LogP contribution in [0.4, 0.5) is 4.39 Å². The van der Waals surface area contributed by atoms with E-state index in [2.05, 4.69) is 4.98 Å². The van der Waals surface area contributed by atoms with Gasteiger partial charge in [-0.3, -0.25) is 4.98 Å². The summed E-state index contributed by atoms with van der Waals surface area (Å²) in [7, 11) is 1.46. The van der Waals surface area contributed by atoms with Gasteiger partial charge in [-0.25, -0.2) is 4.39 Å². The van der Waals surface area contributed by atoms with Crippen molar-refractivity contribution < 1.29 is 9.13 Å². The number of pyridine rings is 1. The second kappa shape index (κ2) is 4.69. The van der Waals surface area contributed by atoms with Crippen LogP contribution in [0.3, 0.4) is 0 Å². The molecule has 0 bridgehead atoms. The molecule has 0 N–H and O–H groups in total. The molecule has 0 aliphatic heterocycles. The van der Waals surface area contributed by atoms with Crippen LogP contribution in [0.2, 0.25) is 0 Å². The average Bonchev–Trinajstić information content (AvgIpc) is 2.47. The molecule has 2 aromatic carbocycles. The van der Waals surface area contributed by atoms with Crippen molar-refractivity contribution in [3.8, 4) is 17.0 Å². The fourth-order valence-electron chi connectivity index (χ4n) is 2.16. The van der Waals surface area contributed by atoms with Crippen LogP contribution >= 0.6 is 0 Å². The largest absolute Gasteiger partial charge is 0.494 e. The lowest BCUT2D eigenvalue weighted by Crippen LogP contribution is -1.91. The van der Waals surface area contributed by atoms with E-state index in [1.165, 1.54) is 13.2 Å². The minimum Gasteiger partial charge on any atom is -0.494 e. The lowest BCUT2D eigenvalue weighted by molar-refractivity contribution is 0.387. The zero-order valence-corrected chi connectivity index (χ0v) is 10.4. The van der Waals surface area contributed by atoms with E-state index in [0.29, 0.717) is 0 Å². The minimum atomic E-state index is -0.369. The van der Waals surface area contributed by atoms with Gasteiger partial charge in [-0.1, -0.05) is 24.3 Å². The van der Waals surface area contributed by atoms with E-state index in [4.69, 9.17) is 4.74 Å². The van der Waals surface area contributed by atoms with Crippen LogP contribution in [-0.2, 0) is 0 Å². The van der Waals surface area contributed by atoms with Crippen LogP contribution in [0, 0.1) is 5.82 Å². The zero-order chi connectivity index (χ0) is 13.2. The van der Waals surface area contributed by atoms with E-state index in [9.17, 15) is 4.39 Å². The van der Waals surface area contributed by atoms with E-state index >= 15 is 0 Å². The molecule has 94 valence electrons. The number of halogens is 1. The van der Waals surface area contributed by atoms with Crippen LogP contribution < -0.4 is 4.74 Å². The van der Waals surface area contributed by atoms with Gasteiger partial charge in [0.25, 0.3) is 0 Å². The van der Waals surface area contributed by atoms with Crippen molar-refractivity contribution in [3.05, 3.63) is 60.5 Å². The Morgan fingerprint density at radius 3 is 2.74 bits per heavy atom. The van der Waals surface area contributed by atoms with Gasteiger partial charge in [-0.2, -0.15) is 0 Å². The van der Waals surface area contributed by atoms with E-state index in [1.807, 2.05) is 30.3 Å². The van der Waals surface area contributed by atoms with Gasteiger partial charge < -0.3 is 4.74 Å². The molecule has 1 heterocycles. The highest BCUT2D eigenvalue weighted by molar-refractivity contribution is 5.94. The molecule has 3 heteroatoms. The lowest BCUT2D eigenvalue weighted by atomic mass is 10.0. The summed E-state index contributed by atoms with van der Waals surface area (Å²) in [5.41, 5.74) is 1.67. The Bertz CT molecular complexity index is 734. The minimum absolute atomic E-state index is 0.229. The lowest BCUT2D eigenvalue weighted by Gasteiger charge is -2.08. The van der Waals surface area contributed by atoms with Crippen LogP contribution in [0.25, 0.3) is 22.0 Å². The van der Waals surface area contributed by atoms with E-state index in [1.54, 1.807) is 18.3 Å². The maximum absolute atomic E-state index is 13.5. The standard InChI is InChI=1S/C16H12FNO/c1-19-15-10-12(6-7-14(15)17)16-13-5-3-2-4-11(13)8-9-18-16/h2-10H,1H3. The van der Waals surface area contributed by atoms with Crippen molar-refractivity contribution in [3.63, 3.8) is 0 Å². The molecule has 1 aromatic heterocycles. The first kappa shape index (κ1) is 11.7. The van der Waals surface area contributed by atoms with E-state index in [-0.39, 0.29) is 11.6 Å². The molecule has 0 spiro atoms. The highest BCUT2D eigenvalue weighted by Gasteiger charge is 2.08. The number of methoxy groups -OCH3 is 1. The van der Waals surface area contributed by atoms with E-state index in [0.717, 1.165) is 22.0 Å². The number of aromatic nitrogens is 1. The van der Waals surface area contributed by atoms with Gasteiger partial charge in [0.15, 0.2) is 11.6 Å². The van der Waals surface area contributed by atoms with Gasteiger partial charge in [0.05, 0.1) is 12.8 Å². The molecule has 0 amide bonds. The molecule has 0 fully saturated rings. The maximum atomic E-state index is 13.5. The molecule has 2 nitrogen and oxygen atoms in total. The summed E-state index contributed by atoms with van der Waals surface area (Å²) in [5.74, 6) is -0.140. The topological polar surface area (TPSA) is 22.1 Å². The summed E-state index contributed by atoms with van der Waals surface area (Å²) in [5, 5.41) is 2.15. The molecule has 0 aliphatic carbocycles. The fraction of sp³-hybridized carbons (Fsp3) is 0.0625. The third-order valence-corrected chi connectivity index (χ3v) is 3.10. The Hall–Kier alpha value is -2.42. The predicted octanol–water partition coefficient (Wildman–Crippen LogP) is 4.05. The van der Waals surface area contributed by atoms with Crippen molar-refractivity contribution in [2.45, 2.75) is 0 Å². The molecule has 0 unspecified atom stereocenters. The van der Waals surface area contributed by atoms with Crippen LogP contribution in [0.5, 0.6) is 5.75 Å². The van der Waals surface area contributed by atoms with Gasteiger partial charge in [0.2, 0.25) is 0 Å². The molecular formula is C16H12FNO. The van der Waals surface area contributed by atoms with Gasteiger partial charge in [0, 0.05) is 17.1 Å². The maximum Gasteiger partial charge on any atom is 0.165 e. The first-order valence-electron chi connectivity index (χ1n) is 5.97. The van der Waals surface area contributed by atoms with Crippen molar-refractivity contribution >= 4 is 10.8 Å².